The Hall–Kier alpha value is -0.960. The summed E-state index contributed by atoms with van der Waals surface area (Å²) in [5.41, 5.74) is 1.64. The second-order valence-electron chi connectivity index (χ2n) is 9.74. The van der Waals surface area contributed by atoms with Crippen LogP contribution in [0.5, 0.6) is 0 Å². The number of carbonyl (C=O) groups is 2. The number of carbonyl (C=O) groups excluding carboxylic acids is 2. The maximum atomic E-state index is 12.3. The molecule has 1 unspecified atom stereocenters. The van der Waals surface area contributed by atoms with E-state index in [4.69, 9.17) is 0 Å². The number of aliphatic hydroxyl groups is 1. The zero-order valence-electron chi connectivity index (χ0n) is 15.9. The van der Waals surface area contributed by atoms with E-state index >= 15 is 0 Å². The van der Waals surface area contributed by atoms with Crippen LogP contribution in [0.3, 0.4) is 0 Å². The molecule has 0 heterocycles. The van der Waals surface area contributed by atoms with Crippen LogP contribution in [0.4, 0.5) is 0 Å². The minimum Gasteiger partial charge on any atom is -0.389 e. The number of fused-ring (bicyclic) bond motifs is 5. The summed E-state index contributed by atoms with van der Waals surface area (Å²) in [6, 6.07) is 0. The van der Waals surface area contributed by atoms with E-state index in [1.54, 1.807) is 0 Å². The molecular formula is C22H32O3. The first-order valence-corrected chi connectivity index (χ1v) is 10.2. The molecule has 7 atom stereocenters. The maximum Gasteiger partial charge on any atom is 0.161 e. The highest BCUT2D eigenvalue weighted by Crippen LogP contribution is 2.67. The SMILES string of the molecule is CC1CC(=O)C=C2CC[C@H]3[C@@H]4CC[C@H](C(=O)CO)[C@@]4(C)CC[C@@H]3[C@]21C. The summed E-state index contributed by atoms with van der Waals surface area (Å²) in [5.74, 6) is 2.78. The molecule has 3 saturated carbocycles. The van der Waals surface area contributed by atoms with E-state index in [-0.39, 0.29) is 29.1 Å². The Morgan fingerprint density at radius 2 is 1.96 bits per heavy atom. The Kier molecular flexibility index (Phi) is 4.03. The third-order valence-corrected chi connectivity index (χ3v) is 9.06. The third kappa shape index (κ3) is 2.27. The van der Waals surface area contributed by atoms with Crippen LogP contribution in [0, 0.1) is 40.4 Å². The van der Waals surface area contributed by atoms with Gasteiger partial charge in [-0.05, 0) is 79.1 Å². The fraction of sp³-hybridized carbons (Fsp3) is 0.818. The highest BCUT2D eigenvalue weighted by molar-refractivity contribution is 5.92. The molecule has 0 amide bonds. The monoisotopic (exact) mass is 344 g/mol. The van der Waals surface area contributed by atoms with Crippen molar-refractivity contribution in [3.8, 4) is 0 Å². The van der Waals surface area contributed by atoms with Gasteiger partial charge in [0, 0.05) is 12.3 Å². The molecule has 1 N–H and O–H groups in total. The van der Waals surface area contributed by atoms with Gasteiger partial charge in [0.05, 0.1) is 0 Å². The summed E-state index contributed by atoms with van der Waals surface area (Å²) in [6.45, 7) is 6.71. The molecule has 138 valence electrons. The smallest absolute Gasteiger partial charge is 0.161 e. The summed E-state index contributed by atoms with van der Waals surface area (Å²) in [5, 5.41) is 9.40. The Morgan fingerprint density at radius 3 is 2.68 bits per heavy atom. The van der Waals surface area contributed by atoms with Crippen molar-refractivity contribution in [3.05, 3.63) is 11.6 Å². The fourth-order valence-corrected chi connectivity index (χ4v) is 7.58. The summed E-state index contributed by atoms with van der Waals surface area (Å²) in [7, 11) is 0. The van der Waals surface area contributed by atoms with E-state index < -0.39 is 0 Å². The predicted molar refractivity (Wildman–Crippen MR) is 96.8 cm³/mol. The molecule has 0 aromatic rings. The van der Waals surface area contributed by atoms with E-state index in [9.17, 15) is 14.7 Å². The lowest BCUT2D eigenvalue weighted by Gasteiger charge is -2.59. The number of Topliss-reactive ketones (excluding diaryl/α,β-unsaturated/α-hetero) is 1. The third-order valence-electron chi connectivity index (χ3n) is 9.06. The lowest BCUT2D eigenvalue weighted by molar-refractivity contribution is -0.134. The van der Waals surface area contributed by atoms with Crippen molar-refractivity contribution in [1.82, 2.24) is 0 Å². The molecule has 0 aliphatic heterocycles. The average molecular weight is 344 g/mol. The van der Waals surface area contributed by atoms with E-state index in [1.807, 2.05) is 6.08 Å². The number of hydrogen-bond donors (Lipinski definition) is 1. The standard InChI is InChI=1S/C22H32O3/c1-13-10-15(24)11-14-4-5-16-17-6-7-19(20(25)12-23)21(17,2)9-8-18(16)22(13,14)3/h11,13,16-19,23H,4-10,12H2,1-3H3/t13?,16-,17-,18-,19+,21-,22-/m0/s1. The highest BCUT2D eigenvalue weighted by Gasteiger charge is 2.61. The van der Waals surface area contributed by atoms with Crippen LogP contribution >= 0.6 is 0 Å². The topological polar surface area (TPSA) is 54.4 Å². The number of aliphatic hydroxyl groups excluding tert-OH is 1. The van der Waals surface area contributed by atoms with Crippen LogP contribution < -0.4 is 0 Å². The molecular weight excluding hydrogens is 312 g/mol. The zero-order valence-corrected chi connectivity index (χ0v) is 15.9. The van der Waals surface area contributed by atoms with Crippen molar-refractivity contribution in [3.63, 3.8) is 0 Å². The minimum absolute atomic E-state index is 0.0542. The van der Waals surface area contributed by atoms with Crippen LogP contribution in [0.1, 0.15) is 65.7 Å². The summed E-state index contributed by atoms with van der Waals surface area (Å²) in [6.07, 6.45) is 9.24. The molecule has 0 spiro atoms. The van der Waals surface area contributed by atoms with E-state index in [2.05, 4.69) is 20.8 Å². The molecule has 4 rings (SSSR count). The molecule has 25 heavy (non-hydrogen) atoms. The largest absolute Gasteiger partial charge is 0.389 e. The first kappa shape index (κ1) is 17.5. The highest BCUT2D eigenvalue weighted by atomic mass is 16.3. The normalized spacial score (nSPS) is 49.0. The Labute approximate surface area is 151 Å². The lowest BCUT2D eigenvalue weighted by Crippen LogP contribution is -2.53. The number of ketones is 2. The molecule has 3 heteroatoms. The van der Waals surface area contributed by atoms with Gasteiger partial charge >= 0.3 is 0 Å². The minimum atomic E-state index is -0.301. The van der Waals surface area contributed by atoms with Gasteiger partial charge in [0.15, 0.2) is 11.6 Å². The maximum absolute atomic E-state index is 12.3. The average Bonchev–Trinajstić information content (AvgIpc) is 2.93. The van der Waals surface area contributed by atoms with E-state index in [0.717, 1.165) is 25.7 Å². The molecule has 0 saturated heterocycles. The van der Waals surface area contributed by atoms with Crippen molar-refractivity contribution in [2.24, 2.45) is 40.4 Å². The first-order chi connectivity index (χ1) is 11.8. The van der Waals surface area contributed by atoms with Crippen LogP contribution in [0.2, 0.25) is 0 Å². The second kappa shape index (κ2) is 5.77. The van der Waals surface area contributed by atoms with Crippen molar-refractivity contribution in [1.29, 1.82) is 0 Å². The quantitative estimate of drug-likeness (QED) is 0.825. The molecule has 4 aliphatic carbocycles. The van der Waals surface area contributed by atoms with Gasteiger partial charge in [-0.25, -0.2) is 0 Å². The van der Waals surface area contributed by atoms with Crippen LogP contribution in [0.15, 0.2) is 11.6 Å². The number of allylic oxidation sites excluding steroid dienone is 1. The van der Waals surface area contributed by atoms with Crippen molar-refractivity contribution in [2.75, 3.05) is 6.61 Å². The van der Waals surface area contributed by atoms with Crippen LogP contribution in [-0.2, 0) is 9.59 Å². The fourth-order valence-electron chi connectivity index (χ4n) is 7.58. The van der Waals surface area contributed by atoms with Gasteiger partial charge in [-0.2, -0.15) is 0 Å². The summed E-state index contributed by atoms with van der Waals surface area (Å²) >= 11 is 0. The van der Waals surface area contributed by atoms with Gasteiger partial charge in [-0.3, -0.25) is 9.59 Å². The molecule has 0 bridgehead atoms. The van der Waals surface area contributed by atoms with Crippen LogP contribution in [0.25, 0.3) is 0 Å². The van der Waals surface area contributed by atoms with E-state index in [0.29, 0.717) is 35.9 Å². The zero-order chi connectivity index (χ0) is 18.0. The first-order valence-electron chi connectivity index (χ1n) is 10.2. The molecule has 0 aromatic carbocycles. The van der Waals surface area contributed by atoms with Gasteiger partial charge in [-0.15, -0.1) is 0 Å². The van der Waals surface area contributed by atoms with Crippen molar-refractivity contribution < 1.29 is 14.7 Å². The Bertz CT molecular complexity index is 635. The van der Waals surface area contributed by atoms with Gasteiger partial charge in [-0.1, -0.05) is 26.3 Å². The molecule has 0 radical (unpaired) electrons. The number of rotatable bonds is 2. The lowest BCUT2D eigenvalue weighted by atomic mass is 9.45. The van der Waals surface area contributed by atoms with Crippen molar-refractivity contribution >= 4 is 11.6 Å². The van der Waals surface area contributed by atoms with Gasteiger partial charge in [0.2, 0.25) is 0 Å². The van der Waals surface area contributed by atoms with Gasteiger partial charge in [0.25, 0.3) is 0 Å². The second-order valence-corrected chi connectivity index (χ2v) is 9.74. The van der Waals surface area contributed by atoms with Crippen LogP contribution in [-0.4, -0.2) is 23.3 Å². The Balaban J connectivity index is 1.67. The molecule has 3 nitrogen and oxygen atoms in total. The number of hydrogen-bond acceptors (Lipinski definition) is 3. The van der Waals surface area contributed by atoms with Gasteiger partial charge < -0.3 is 5.11 Å². The summed E-state index contributed by atoms with van der Waals surface area (Å²) < 4.78 is 0. The van der Waals surface area contributed by atoms with E-state index in [1.165, 1.54) is 18.4 Å². The molecule has 4 aliphatic rings. The molecule has 0 aromatic heterocycles. The summed E-state index contributed by atoms with van der Waals surface area (Å²) in [4.78, 5) is 24.4. The Morgan fingerprint density at radius 1 is 1.20 bits per heavy atom. The van der Waals surface area contributed by atoms with Crippen molar-refractivity contribution in [2.45, 2.75) is 65.7 Å². The van der Waals surface area contributed by atoms with Gasteiger partial charge in [0.1, 0.15) is 6.61 Å². The predicted octanol–water partition coefficient (Wildman–Crippen LogP) is 3.94. The molecule has 3 fully saturated rings.